The summed E-state index contributed by atoms with van der Waals surface area (Å²) in [5.41, 5.74) is 3.52. The number of rotatable bonds is 2. The first-order valence-electron chi connectivity index (χ1n) is 9.72. The molecule has 3 aromatic rings. The van der Waals surface area contributed by atoms with Crippen LogP contribution in [-0.4, -0.2) is 38.6 Å². The normalized spacial score (nSPS) is 20.0. The van der Waals surface area contributed by atoms with Crippen molar-refractivity contribution in [1.82, 2.24) is 24.8 Å². The molecule has 1 fully saturated rings. The average molecular weight is 361 g/mol. The molecule has 138 valence electrons. The molecule has 1 aromatic carbocycles. The average Bonchev–Trinajstić information content (AvgIpc) is 3.33. The number of carbonyl (C=O) groups is 1. The quantitative estimate of drug-likeness (QED) is 0.762. The van der Waals surface area contributed by atoms with Gasteiger partial charge >= 0.3 is 6.03 Å². The Bertz CT molecular complexity index is 973. The zero-order valence-corrected chi connectivity index (χ0v) is 15.2. The van der Waals surface area contributed by atoms with Gasteiger partial charge in [-0.3, -0.25) is 4.40 Å². The Balaban J connectivity index is 1.22. The number of likely N-dealkylation sites (tertiary alicyclic amines) is 1. The third-order valence-electron chi connectivity index (χ3n) is 5.92. The molecule has 1 aliphatic carbocycles. The van der Waals surface area contributed by atoms with E-state index < -0.39 is 0 Å². The van der Waals surface area contributed by atoms with Crippen molar-refractivity contribution in [2.24, 2.45) is 0 Å². The molecule has 1 atom stereocenters. The van der Waals surface area contributed by atoms with Gasteiger partial charge in [0.25, 0.3) is 0 Å². The van der Waals surface area contributed by atoms with E-state index in [9.17, 15) is 4.79 Å². The maximum atomic E-state index is 12.8. The number of carbonyl (C=O) groups excluding carboxylic acids is 1. The van der Waals surface area contributed by atoms with Crippen LogP contribution in [0.2, 0.25) is 0 Å². The van der Waals surface area contributed by atoms with Crippen LogP contribution in [0.4, 0.5) is 4.79 Å². The minimum Gasteiger partial charge on any atom is -0.331 e. The first kappa shape index (κ1) is 16.3. The monoisotopic (exact) mass is 361 g/mol. The molecule has 1 saturated heterocycles. The molecule has 0 spiro atoms. The van der Waals surface area contributed by atoms with Crippen LogP contribution in [0.1, 0.15) is 48.2 Å². The van der Waals surface area contributed by atoms with E-state index in [1.807, 2.05) is 29.3 Å². The molecular formula is C21H23N5O. The predicted octanol–water partition coefficient (Wildman–Crippen LogP) is 3.31. The Morgan fingerprint density at radius 1 is 1.00 bits per heavy atom. The lowest BCUT2D eigenvalue weighted by molar-refractivity contribution is 0.176. The molecule has 2 aliphatic rings. The Kier molecular flexibility index (Phi) is 4.03. The van der Waals surface area contributed by atoms with Gasteiger partial charge in [0, 0.05) is 25.2 Å². The number of aryl methyl sites for hydroxylation is 1. The molecule has 0 saturated carbocycles. The molecule has 0 bridgehead atoms. The first-order chi connectivity index (χ1) is 13.3. The number of fused-ring (bicyclic) bond motifs is 2. The Hall–Kier alpha value is -2.89. The fourth-order valence-electron chi connectivity index (χ4n) is 4.43. The summed E-state index contributed by atoms with van der Waals surface area (Å²) in [6.45, 7) is 1.51. The van der Waals surface area contributed by atoms with Gasteiger partial charge in [-0.2, -0.15) is 0 Å². The number of nitrogens with zero attached hydrogens (tertiary/aromatic N) is 4. The van der Waals surface area contributed by atoms with E-state index in [2.05, 4.69) is 44.2 Å². The minimum atomic E-state index is 0.0567. The van der Waals surface area contributed by atoms with Crippen LogP contribution in [0.3, 0.4) is 0 Å². The summed E-state index contributed by atoms with van der Waals surface area (Å²) in [6, 6.07) is 14.6. The third-order valence-corrected chi connectivity index (χ3v) is 5.92. The topological polar surface area (TPSA) is 62.5 Å². The van der Waals surface area contributed by atoms with Gasteiger partial charge in [0.15, 0.2) is 5.65 Å². The van der Waals surface area contributed by atoms with Gasteiger partial charge in [-0.15, -0.1) is 10.2 Å². The standard InChI is InChI=1S/C21H23N5O/c27-21(22-18-9-8-15-5-1-2-6-17(15)18)25-13-10-16(11-14-25)20-24-23-19-7-3-4-12-26(19)20/h1-7,12,16,18H,8-11,13-14H2,(H,22,27). The molecule has 6 heteroatoms. The van der Waals surface area contributed by atoms with Crippen molar-refractivity contribution < 1.29 is 4.79 Å². The number of urea groups is 1. The van der Waals surface area contributed by atoms with Gasteiger partial charge in [-0.25, -0.2) is 4.79 Å². The molecule has 1 N–H and O–H groups in total. The maximum absolute atomic E-state index is 12.8. The Morgan fingerprint density at radius 2 is 1.81 bits per heavy atom. The molecule has 0 radical (unpaired) electrons. The minimum absolute atomic E-state index is 0.0567. The number of nitrogens with one attached hydrogen (secondary N) is 1. The molecule has 2 amide bonds. The van der Waals surface area contributed by atoms with E-state index in [1.54, 1.807) is 0 Å². The van der Waals surface area contributed by atoms with Gasteiger partial charge in [-0.05, 0) is 48.9 Å². The van der Waals surface area contributed by atoms with Gasteiger partial charge in [-0.1, -0.05) is 30.3 Å². The number of hydrogen-bond donors (Lipinski definition) is 1. The molecule has 1 aliphatic heterocycles. The highest BCUT2D eigenvalue weighted by Crippen LogP contribution is 2.31. The molecule has 1 unspecified atom stereocenters. The van der Waals surface area contributed by atoms with E-state index in [0.29, 0.717) is 5.92 Å². The highest BCUT2D eigenvalue weighted by molar-refractivity contribution is 5.75. The number of pyridine rings is 1. The fraction of sp³-hybridized carbons (Fsp3) is 0.381. The van der Waals surface area contributed by atoms with Crippen LogP contribution in [0.15, 0.2) is 48.7 Å². The molecule has 2 aromatic heterocycles. The van der Waals surface area contributed by atoms with Crippen LogP contribution in [0.5, 0.6) is 0 Å². The first-order valence-corrected chi connectivity index (χ1v) is 9.72. The predicted molar refractivity (Wildman–Crippen MR) is 103 cm³/mol. The van der Waals surface area contributed by atoms with E-state index >= 15 is 0 Å². The summed E-state index contributed by atoms with van der Waals surface area (Å²) in [7, 11) is 0. The molecule has 3 heterocycles. The summed E-state index contributed by atoms with van der Waals surface area (Å²) < 4.78 is 2.07. The fourth-order valence-corrected chi connectivity index (χ4v) is 4.43. The summed E-state index contributed by atoms with van der Waals surface area (Å²) in [6.07, 6.45) is 5.90. The van der Waals surface area contributed by atoms with E-state index in [-0.39, 0.29) is 12.1 Å². The van der Waals surface area contributed by atoms with Crippen molar-refractivity contribution in [3.8, 4) is 0 Å². The lowest BCUT2D eigenvalue weighted by atomic mass is 9.96. The van der Waals surface area contributed by atoms with Crippen molar-refractivity contribution in [3.05, 3.63) is 65.6 Å². The third kappa shape index (κ3) is 2.95. The molecule has 5 rings (SSSR count). The highest BCUT2D eigenvalue weighted by atomic mass is 16.2. The second kappa shape index (κ2) is 6.68. The highest BCUT2D eigenvalue weighted by Gasteiger charge is 2.29. The summed E-state index contributed by atoms with van der Waals surface area (Å²) in [5.74, 6) is 1.36. The van der Waals surface area contributed by atoms with E-state index in [1.165, 1.54) is 11.1 Å². The van der Waals surface area contributed by atoms with E-state index in [4.69, 9.17) is 0 Å². The number of aromatic nitrogens is 3. The van der Waals surface area contributed by atoms with Gasteiger partial charge < -0.3 is 10.2 Å². The smallest absolute Gasteiger partial charge is 0.317 e. The zero-order chi connectivity index (χ0) is 18.2. The molecule has 6 nitrogen and oxygen atoms in total. The summed E-state index contributed by atoms with van der Waals surface area (Å²) in [4.78, 5) is 14.7. The summed E-state index contributed by atoms with van der Waals surface area (Å²) >= 11 is 0. The zero-order valence-electron chi connectivity index (χ0n) is 15.2. The van der Waals surface area contributed by atoms with Gasteiger partial charge in [0.05, 0.1) is 6.04 Å². The summed E-state index contributed by atoms with van der Waals surface area (Å²) in [5, 5.41) is 11.9. The van der Waals surface area contributed by atoms with Crippen LogP contribution in [0, 0.1) is 0 Å². The molecule has 27 heavy (non-hydrogen) atoms. The van der Waals surface area contributed by atoms with Crippen LogP contribution in [0.25, 0.3) is 5.65 Å². The largest absolute Gasteiger partial charge is 0.331 e. The maximum Gasteiger partial charge on any atom is 0.317 e. The molecular weight excluding hydrogens is 338 g/mol. The van der Waals surface area contributed by atoms with Crippen molar-refractivity contribution >= 4 is 11.7 Å². The number of amides is 2. The van der Waals surface area contributed by atoms with Crippen molar-refractivity contribution in [2.45, 2.75) is 37.6 Å². The Labute approximate surface area is 158 Å². The lowest BCUT2D eigenvalue weighted by Gasteiger charge is -2.32. The number of hydrogen-bond acceptors (Lipinski definition) is 3. The van der Waals surface area contributed by atoms with Crippen LogP contribution < -0.4 is 5.32 Å². The second-order valence-electron chi connectivity index (χ2n) is 7.49. The second-order valence-corrected chi connectivity index (χ2v) is 7.49. The van der Waals surface area contributed by atoms with Crippen molar-refractivity contribution in [2.75, 3.05) is 13.1 Å². The number of benzene rings is 1. The Morgan fingerprint density at radius 3 is 2.70 bits per heavy atom. The number of piperidine rings is 1. The van der Waals surface area contributed by atoms with Gasteiger partial charge in [0.2, 0.25) is 0 Å². The van der Waals surface area contributed by atoms with Gasteiger partial charge in [0.1, 0.15) is 5.82 Å². The lowest BCUT2D eigenvalue weighted by Crippen LogP contribution is -2.45. The van der Waals surface area contributed by atoms with Crippen molar-refractivity contribution in [3.63, 3.8) is 0 Å². The van der Waals surface area contributed by atoms with Crippen molar-refractivity contribution in [1.29, 1.82) is 0 Å². The SMILES string of the molecule is O=C(NC1CCc2ccccc21)N1CCC(c2nnc3ccccn23)CC1. The van der Waals surface area contributed by atoms with Crippen LogP contribution in [-0.2, 0) is 6.42 Å². The van der Waals surface area contributed by atoms with Crippen LogP contribution >= 0.6 is 0 Å². The van der Waals surface area contributed by atoms with E-state index in [0.717, 1.165) is 50.2 Å².